The first-order chi connectivity index (χ1) is 20.0. The number of ether oxygens (including phenoxy) is 4. The van der Waals surface area contributed by atoms with E-state index in [-0.39, 0.29) is 33.6 Å². The zero-order valence-electron chi connectivity index (χ0n) is 21.7. The maximum Gasteiger partial charge on any atom is 0.229 e. The second-order valence-corrected chi connectivity index (χ2v) is 9.95. The van der Waals surface area contributed by atoms with Gasteiger partial charge in [-0.1, -0.05) is 0 Å². The number of hydrogen-bond acceptors (Lipinski definition) is 15. The summed E-state index contributed by atoms with van der Waals surface area (Å²) in [6, 6.07) is 7.93. The topological polar surface area (TPSA) is 249 Å². The Labute approximate surface area is 236 Å². The van der Waals surface area contributed by atoms with Crippen LogP contribution in [-0.4, -0.2) is 121 Å². The van der Waals surface area contributed by atoms with Crippen LogP contribution in [0.15, 0.2) is 51.9 Å². The maximum absolute atomic E-state index is 13.3. The number of fused-ring (bicyclic) bond motifs is 1. The van der Waals surface area contributed by atoms with Crippen molar-refractivity contribution in [1.29, 1.82) is 0 Å². The lowest BCUT2D eigenvalue weighted by molar-refractivity contribution is -0.277. The van der Waals surface area contributed by atoms with Crippen LogP contribution in [0.2, 0.25) is 0 Å². The Kier molecular flexibility index (Phi) is 8.68. The molecule has 0 bridgehead atoms. The first-order valence-corrected chi connectivity index (χ1v) is 12.9. The average Bonchev–Trinajstić information content (AvgIpc) is 2.98. The molecule has 5 rings (SSSR count). The molecule has 5 unspecified atom stereocenters. The van der Waals surface area contributed by atoms with E-state index in [1.807, 2.05) is 0 Å². The van der Waals surface area contributed by atoms with E-state index >= 15 is 0 Å². The first kappa shape index (κ1) is 30.1. The Morgan fingerprint density at radius 3 is 1.71 bits per heavy atom. The number of phenols is 1. The van der Waals surface area contributed by atoms with Gasteiger partial charge in [-0.25, -0.2) is 0 Å². The fraction of sp³-hybridized carbons (Fsp3) is 0.444. The molecule has 2 aliphatic rings. The van der Waals surface area contributed by atoms with Crippen molar-refractivity contribution in [3.63, 3.8) is 0 Å². The molecule has 1 aromatic heterocycles. The third kappa shape index (κ3) is 5.55. The molecule has 15 heteroatoms. The predicted octanol–water partition coefficient (Wildman–Crippen LogP) is -2.48. The fourth-order valence-corrected chi connectivity index (χ4v) is 4.78. The zero-order chi connectivity index (χ0) is 30.3. The van der Waals surface area contributed by atoms with Gasteiger partial charge in [0.15, 0.2) is 0 Å². The summed E-state index contributed by atoms with van der Waals surface area (Å²) in [7, 11) is 0. The van der Waals surface area contributed by atoms with E-state index in [2.05, 4.69) is 0 Å². The molecule has 2 aliphatic heterocycles. The molecule has 42 heavy (non-hydrogen) atoms. The van der Waals surface area contributed by atoms with Gasteiger partial charge in [0.2, 0.25) is 18.0 Å². The van der Waals surface area contributed by atoms with Crippen LogP contribution in [0.4, 0.5) is 0 Å². The van der Waals surface area contributed by atoms with E-state index in [0.717, 1.165) is 12.3 Å². The molecule has 9 N–H and O–H groups in total. The van der Waals surface area contributed by atoms with E-state index in [4.69, 9.17) is 23.4 Å². The van der Waals surface area contributed by atoms with Crippen LogP contribution >= 0.6 is 0 Å². The van der Waals surface area contributed by atoms with Crippen LogP contribution in [0.3, 0.4) is 0 Å². The highest BCUT2D eigenvalue weighted by molar-refractivity contribution is 5.84. The van der Waals surface area contributed by atoms with Gasteiger partial charge in [0, 0.05) is 17.7 Å². The summed E-state index contributed by atoms with van der Waals surface area (Å²) in [6.07, 6.45) is -13.9. The number of aromatic hydroxyl groups is 1. The van der Waals surface area contributed by atoms with Crippen molar-refractivity contribution in [1.82, 2.24) is 0 Å². The van der Waals surface area contributed by atoms with E-state index in [1.165, 1.54) is 30.3 Å². The molecule has 2 aromatic carbocycles. The Hall–Kier alpha value is -3.35. The summed E-state index contributed by atoms with van der Waals surface area (Å²) >= 11 is 0. The molecule has 228 valence electrons. The first-order valence-electron chi connectivity index (χ1n) is 12.9. The lowest BCUT2D eigenvalue weighted by Crippen LogP contribution is -2.60. The summed E-state index contributed by atoms with van der Waals surface area (Å²) in [5.41, 5.74) is -0.378. The summed E-state index contributed by atoms with van der Waals surface area (Å²) < 4.78 is 27.3. The maximum atomic E-state index is 13.3. The molecule has 10 atom stereocenters. The van der Waals surface area contributed by atoms with Gasteiger partial charge >= 0.3 is 0 Å². The van der Waals surface area contributed by atoms with Gasteiger partial charge in [0.25, 0.3) is 0 Å². The standard InChI is InChI=1S/C27H30O15/c28-7-17-20(32)22(34)24(36)26(41-17)39-10-1-3-12(15(30)5-10)14-9-38-16-6-11(2-4-13(16)19(14)31)40-27-25(37)23(35)21(33)18(8-29)42-27/h1-6,9,17-18,20-30,32-37H,7-8H2/t17?,18?,20-,21+,22?,23-,24?,25?,26-,27+/m0/s1. The number of phenolic OH excluding ortho intramolecular Hbond substituents is 1. The molecule has 0 aliphatic carbocycles. The third-order valence-corrected chi connectivity index (χ3v) is 7.21. The summed E-state index contributed by atoms with van der Waals surface area (Å²) in [5, 5.41) is 89.6. The number of benzene rings is 2. The number of hydrogen-bond donors (Lipinski definition) is 9. The molecule has 0 amide bonds. The van der Waals surface area contributed by atoms with E-state index in [0.29, 0.717) is 0 Å². The Balaban J connectivity index is 1.35. The normalized spacial score (nSPS) is 33.4. The highest BCUT2D eigenvalue weighted by Crippen LogP contribution is 2.34. The van der Waals surface area contributed by atoms with Crippen LogP contribution in [-0.2, 0) is 9.47 Å². The summed E-state index contributed by atoms with van der Waals surface area (Å²) in [4.78, 5) is 13.3. The molecule has 3 heterocycles. The van der Waals surface area contributed by atoms with Gasteiger partial charge in [-0.3, -0.25) is 4.79 Å². The smallest absolute Gasteiger partial charge is 0.229 e. The Morgan fingerprint density at radius 2 is 1.19 bits per heavy atom. The monoisotopic (exact) mass is 594 g/mol. The molecule has 2 saturated heterocycles. The largest absolute Gasteiger partial charge is 0.507 e. The van der Waals surface area contributed by atoms with E-state index in [1.54, 1.807) is 0 Å². The van der Waals surface area contributed by atoms with Crippen molar-refractivity contribution in [3.8, 4) is 28.4 Å². The minimum atomic E-state index is -1.66. The van der Waals surface area contributed by atoms with Crippen LogP contribution in [0.5, 0.6) is 17.2 Å². The molecular weight excluding hydrogens is 564 g/mol. The molecule has 3 aromatic rings. The molecule has 15 nitrogen and oxygen atoms in total. The molecule has 0 saturated carbocycles. The predicted molar refractivity (Wildman–Crippen MR) is 138 cm³/mol. The summed E-state index contributed by atoms with van der Waals surface area (Å²) in [6.45, 7) is -1.28. The second kappa shape index (κ2) is 12.1. The number of aliphatic hydroxyl groups excluding tert-OH is 8. The van der Waals surface area contributed by atoms with Gasteiger partial charge in [-0.2, -0.15) is 0 Å². The van der Waals surface area contributed by atoms with Crippen molar-refractivity contribution in [2.24, 2.45) is 0 Å². The Bertz CT molecular complexity index is 1460. The van der Waals surface area contributed by atoms with Crippen LogP contribution in [0.1, 0.15) is 0 Å². The average molecular weight is 595 g/mol. The SMILES string of the molecule is O=c1c(-c2ccc(O[C@H]3OC(CO)[C@H](O)C(O)C3O)cc2O)coc2cc(O[C@@H]3OC(CO)[C@@H](O)[C@H](O)C3O)ccc12. The van der Waals surface area contributed by atoms with Crippen LogP contribution in [0.25, 0.3) is 22.1 Å². The van der Waals surface area contributed by atoms with Gasteiger partial charge in [0.05, 0.1) is 24.2 Å². The lowest BCUT2D eigenvalue weighted by Gasteiger charge is -2.39. The van der Waals surface area contributed by atoms with Gasteiger partial charge in [-0.15, -0.1) is 0 Å². The van der Waals surface area contributed by atoms with Crippen molar-refractivity contribution in [2.75, 3.05) is 13.2 Å². The van der Waals surface area contributed by atoms with E-state index < -0.39 is 85.8 Å². The van der Waals surface area contributed by atoms with E-state index in [9.17, 15) is 50.8 Å². The third-order valence-electron chi connectivity index (χ3n) is 7.21. The van der Waals surface area contributed by atoms with Gasteiger partial charge in [-0.05, 0) is 24.3 Å². The quantitative estimate of drug-likeness (QED) is 0.137. The highest BCUT2D eigenvalue weighted by Gasteiger charge is 2.45. The second-order valence-electron chi connectivity index (χ2n) is 9.95. The number of rotatable bonds is 7. The Morgan fingerprint density at radius 1 is 0.667 bits per heavy atom. The highest BCUT2D eigenvalue weighted by atomic mass is 16.7. The van der Waals surface area contributed by atoms with Gasteiger partial charge < -0.3 is 69.3 Å². The molecule has 0 spiro atoms. The van der Waals surface area contributed by atoms with Gasteiger partial charge in [0.1, 0.15) is 77.9 Å². The minimum absolute atomic E-state index is 0.0120. The zero-order valence-corrected chi connectivity index (χ0v) is 21.7. The van der Waals surface area contributed by atoms with Crippen LogP contribution < -0.4 is 14.9 Å². The fourth-order valence-electron chi connectivity index (χ4n) is 4.78. The van der Waals surface area contributed by atoms with Crippen molar-refractivity contribution in [3.05, 3.63) is 52.9 Å². The molecule has 0 radical (unpaired) electrons. The molecular formula is C27H30O15. The van der Waals surface area contributed by atoms with Crippen molar-refractivity contribution in [2.45, 2.75) is 61.4 Å². The van der Waals surface area contributed by atoms with Crippen molar-refractivity contribution < 1.29 is 69.3 Å². The summed E-state index contributed by atoms with van der Waals surface area (Å²) in [5.74, 6) is -0.327. The number of aliphatic hydroxyl groups is 8. The lowest BCUT2D eigenvalue weighted by atomic mass is 9.99. The minimum Gasteiger partial charge on any atom is -0.507 e. The van der Waals surface area contributed by atoms with Crippen molar-refractivity contribution >= 4 is 11.0 Å². The molecule has 2 fully saturated rings. The van der Waals surface area contributed by atoms with Crippen LogP contribution in [0, 0.1) is 0 Å².